The summed E-state index contributed by atoms with van der Waals surface area (Å²) >= 11 is 0. The fraction of sp³-hybridized carbons (Fsp3) is 0.929. The van der Waals surface area contributed by atoms with Gasteiger partial charge < -0.3 is 14.4 Å². The lowest BCUT2D eigenvalue weighted by atomic mass is 10.2. The highest BCUT2D eigenvalue weighted by atomic mass is 32.2. The van der Waals surface area contributed by atoms with Crippen molar-refractivity contribution in [1.29, 1.82) is 0 Å². The maximum Gasteiger partial charge on any atom is 0.226 e. The van der Waals surface area contributed by atoms with Crippen molar-refractivity contribution in [1.82, 2.24) is 9.21 Å². The van der Waals surface area contributed by atoms with Crippen molar-refractivity contribution >= 4 is 15.9 Å². The highest BCUT2D eigenvalue weighted by molar-refractivity contribution is 7.89. The average molecular weight is 332 g/mol. The Labute approximate surface area is 131 Å². The van der Waals surface area contributed by atoms with Gasteiger partial charge in [-0.3, -0.25) is 4.79 Å². The molecule has 0 aromatic heterocycles. The first-order chi connectivity index (χ1) is 10.5. The van der Waals surface area contributed by atoms with Crippen molar-refractivity contribution in [2.24, 2.45) is 11.8 Å². The number of carbonyl (C=O) groups is 1. The zero-order valence-electron chi connectivity index (χ0n) is 12.9. The van der Waals surface area contributed by atoms with Gasteiger partial charge in [0.1, 0.15) is 0 Å². The van der Waals surface area contributed by atoms with E-state index in [9.17, 15) is 13.2 Å². The summed E-state index contributed by atoms with van der Waals surface area (Å²) in [5.74, 6) is 0.696. The van der Waals surface area contributed by atoms with Crippen molar-refractivity contribution in [2.45, 2.75) is 19.4 Å². The molecule has 0 unspecified atom stereocenters. The summed E-state index contributed by atoms with van der Waals surface area (Å²) in [5.41, 5.74) is 0. The first-order valence-corrected chi connectivity index (χ1v) is 9.54. The molecule has 1 amide bonds. The van der Waals surface area contributed by atoms with Crippen LogP contribution in [0.5, 0.6) is 0 Å². The van der Waals surface area contributed by atoms with Crippen LogP contribution in [-0.2, 0) is 24.3 Å². The number of carbonyl (C=O) groups excluding carboxylic acids is 1. The summed E-state index contributed by atoms with van der Waals surface area (Å²) in [6.45, 7) is 5.11. The molecule has 3 rings (SSSR count). The van der Waals surface area contributed by atoms with Gasteiger partial charge in [0.15, 0.2) is 0 Å². The van der Waals surface area contributed by atoms with Crippen molar-refractivity contribution < 1.29 is 22.7 Å². The molecule has 2 aliphatic heterocycles. The van der Waals surface area contributed by atoms with E-state index >= 15 is 0 Å². The minimum absolute atomic E-state index is 0.0585. The minimum Gasteiger partial charge on any atom is -0.379 e. The third-order valence-electron chi connectivity index (χ3n) is 4.64. The number of amides is 1. The van der Waals surface area contributed by atoms with Crippen LogP contribution in [0.2, 0.25) is 0 Å². The van der Waals surface area contributed by atoms with Gasteiger partial charge >= 0.3 is 0 Å². The second-order valence-electron chi connectivity index (χ2n) is 6.39. The summed E-state index contributed by atoms with van der Waals surface area (Å²) in [6, 6.07) is 0. The second kappa shape index (κ2) is 6.43. The molecule has 7 nitrogen and oxygen atoms in total. The van der Waals surface area contributed by atoms with Crippen LogP contribution in [0, 0.1) is 11.8 Å². The van der Waals surface area contributed by atoms with Gasteiger partial charge in [-0.15, -0.1) is 0 Å². The van der Waals surface area contributed by atoms with Crippen LogP contribution in [0.4, 0.5) is 0 Å². The molecule has 126 valence electrons. The van der Waals surface area contributed by atoms with Crippen LogP contribution < -0.4 is 0 Å². The number of hydrogen-bond donors (Lipinski definition) is 0. The highest BCUT2D eigenvalue weighted by Crippen LogP contribution is 2.39. The van der Waals surface area contributed by atoms with E-state index < -0.39 is 16.1 Å². The molecular formula is C14H24N2O5S. The van der Waals surface area contributed by atoms with Crippen LogP contribution in [-0.4, -0.2) is 81.4 Å². The number of nitrogens with zero attached hydrogens (tertiary/aromatic N) is 2. The lowest BCUT2D eigenvalue weighted by molar-refractivity contribution is -0.139. The second-order valence-corrected chi connectivity index (χ2v) is 8.40. The molecule has 0 aromatic carbocycles. The van der Waals surface area contributed by atoms with E-state index in [1.54, 1.807) is 4.90 Å². The van der Waals surface area contributed by atoms with Crippen LogP contribution in [0.15, 0.2) is 0 Å². The highest BCUT2D eigenvalue weighted by Gasteiger charge is 2.43. The number of ether oxygens (including phenoxy) is 2. The Bertz CT molecular complexity index is 517. The van der Waals surface area contributed by atoms with E-state index in [1.165, 1.54) is 4.31 Å². The molecule has 0 spiro atoms. The molecule has 0 N–H and O–H groups in total. The topological polar surface area (TPSA) is 76.2 Å². The Hall–Kier alpha value is -0.700. The predicted molar refractivity (Wildman–Crippen MR) is 79.8 cm³/mol. The standard InChI is InChI=1S/C14H24N2O5S/c1-11-8-13(11)14(17)15-2-7-21-12(9-15)10-22(18,19)16-3-5-20-6-4-16/h11-13H,2-10H2,1H3/t11-,12-,13-/m1/s1. The van der Waals surface area contributed by atoms with Crippen molar-refractivity contribution in [3.05, 3.63) is 0 Å². The van der Waals surface area contributed by atoms with Crippen LogP contribution >= 0.6 is 0 Å². The monoisotopic (exact) mass is 332 g/mol. The first-order valence-electron chi connectivity index (χ1n) is 7.93. The molecule has 1 saturated carbocycles. The Morgan fingerprint density at radius 2 is 1.86 bits per heavy atom. The molecule has 0 aromatic rings. The van der Waals surface area contributed by atoms with Crippen LogP contribution in [0.25, 0.3) is 0 Å². The van der Waals surface area contributed by atoms with Gasteiger partial charge in [0.25, 0.3) is 0 Å². The van der Waals surface area contributed by atoms with E-state index in [1.807, 2.05) is 0 Å². The fourth-order valence-corrected chi connectivity index (χ4v) is 4.67. The summed E-state index contributed by atoms with van der Waals surface area (Å²) in [5, 5.41) is 0. The fourth-order valence-electron chi connectivity index (χ4n) is 3.09. The number of morpholine rings is 2. The van der Waals surface area contributed by atoms with E-state index in [4.69, 9.17) is 9.47 Å². The van der Waals surface area contributed by atoms with E-state index in [0.29, 0.717) is 51.9 Å². The quantitative estimate of drug-likeness (QED) is 0.696. The molecule has 3 aliphatic rings. The van der Waals surface area contributed by atoms with Gasteiger partial charge in [0, 0.05) is 32.1 Å². The Kier molecular flexibility index (Phi) is 4.72. The molecule has 2 heterocycles. The third kappa shape index (κ3) is 3.61. The molecule has 1 aliphatic carbocycles. The zero-order chi connectivity index (χ0) is 15.7. The summed E-state index contributed by atoms with van der Waals surface area (Å²) in [4.78, 5) is 14.1. The molecule has 2 saturated heterocycles. The van der Waals surface area contributed by atoms with Gasteiger partial charge in [-0.05, 0) is 12.3 Å². The van der Waals surface area contributed by atoms with Crippen LogP contribution in [0.3, 0.4) is 0 Å². The molecule has 8 heteroatoms. The molecule has 0 radical (unpaired) electrons. The van der Waals surface area contributed by atoms with Gasteiger partial charge in [0.2, 0.25) is 15.9 Å². The molecular weight excluding hydrogens is 308 g/mol. The lowest BCUT2D eigenvalue weighted by Crippen LogP contribution is -2.51. The average Bonchev–Trinajstić information content (AvgIpc) is 3.24. The van der Waals surface area contributed by atoms with Gasteiger partial charge in [0.05, 0.1) is 31.7 Å². The summed E-state index contributed by atoms with van der Waals surface area (Å²) in [6.07, 6.45) is 0.520. The number of sulfonamides is 1. The van der Waals surface area contributed by atoms with Crippen LogP contribution in [0.1, 0.15) is 13.3 Å². The maximum absolute atomic E-state index is 12.4. The van der Waals surface area contributed by atoms with Crippen molar-refractivity contribution in [2.75, 3.05) is 51.8 Å². The zero-order valence-corrected chi connectivity index (χ0v) is 13.8. The molecule has 3 fully saturated rings. The third-order valence-corrected chi connectivity index (χ3v) is 6.58. The predicted octanol–water partition coefficient (Wildman–Crippen LogP) is -0.468. The van der Waals surface area contributed by atoms with Gasteiger partial charge in [-0.1, -0.05) is 6.92 Å². The normalized spacial score (nSPS) is 33.7. The van der Waals surface area contributed by atoms with E-state index in [2.05, 4.69) is 6.92 Å². The number of hydrogen-bond acceptors (Lipinski definition) is 5. The van der Waals surface area contributed by atoms with E-state index in [0.717, 1.165) is 6.42 Å². The van der Waals surface area contributed by atoms with Gasteiger partial charge in [-0.25, -0.2) is 8.42 Å². The Morgan fingerprint density at radius 1 is 1.18 bits per heavy atom. The minimum atomic E-state index is -3.36. The SMILES string of the molecule is C[C@@H]1C[C@H]1C(=O)N1CCO[C@@H](CS(=O)(=O)N2CCOCC2)C1. The first kappa shape index (κ1) is 16.2. The van der Waals surface area contributed by atoms with Crippen molar-refractivity contribution in [3.8, 4) is 0 Å². The maximum atomic E-state index is 12.4. The van der Waals surface area contributed by atoms with Crippen molar-refractivity contribution in [3.63, 3.8) is 0 Å². The lowest BCUT2D eigenvalue weighted by Gasteiger charge is -2.34. The summed E-state index contributed by atoms with van der Waals surface area (Å²) in [7, 11) is -3.36. The Morgan fingerprint density at radius 3 is 2.50 bits per heavy atom. The molecule has 22 heavy (non-hydrogen) atoms. The van der Waals surface area contributed by atoms with Gasteiger partial charge in [-0.2, -0.15) is 4.31 Å². The molecule has 3 atom stereocenters. The number of rotatable bonds is 4. The Balaban J connectivity index is 1.56. The van der Waals surface area contributed by atoms with E-state index in [-0.39, 0.29) is 17.6 Å². The summed E-state index contributed by atoms with van der Waals surface area (Å²) < 4.78 is 37.1. The largest absolute Gasteiger partial charge is 0.379 e. The molecule has 0 bridgehead atoms. The smallest absolute Gasteiger partial charge is 0.226 e.